The van der Waals surface area contributed by atoms with E-state index in [2.05, 4.69) is 71.9 Å². The summed E-state index contributed by atoms with van der Waals surface area (Å²) >= 11 is 0. The first-order chi connectivity index (χ1) is 21.3. The van der Waals surface area contributed by atoms with Crippen molar-refractivity contribution in [3.8, 4) is 0 Å². The van der Waals surface area contributed by atoms with Gasteiger partial charge in [0, 0.05) is 5.92 Å². The van der Waals surface area contributed by atoms with Gasteiger partial charge in [-0.25, -0.2) is 9.91 Å². The van der Waals surface area contributed by atoms with Gasteiger partial charge in [-0.1, -0.05) is 82.6 Å². The molecule has 3 aliphatic heterocycles. The van der Waals surface area contributed by atoms with E-state index in [-0.39, 0.29) is 24.4 Å². The zero-order valence-corrected chi connectivity index (χ0v) is 25.1. The summed E-state index contributed by atoms with van der Waals surface area (Å²) < 4.78 is 0. The van der Waals surface area contributed by atoms with E-state index in [4.69, 9.17) is 5.10 Å². The van der Waals surface area contributed by atoms with Crippen LogP contribution in [0.4, 0.5) is 5.69 Å². The number of carbonyl (C=O) groups is 3. The first-order valence-corrected chi connectivity index (χ1v) is 15.1. The SMILES string of the molecule is Cc1ccc(/C=C2/CCCC3C2=NN(C(=O)CN2N=NC4C(=O)N(c5ccc(C)cc5)C(=O)C42)C3c2ccc(C)cc2)cc1. The number of amides is 3. The largest absolute Gasteiger partial charge is 0.271 e. The van der Waals surface area contributed by atoms with E-state index in [0.29, 0.717) is 5.69 Å². The Morgan fingerprint density at radius 2 is 1.48 bits per heavy atom. The average Bonchev–Trinajstić information content (AvgIpc) is 3.69. The van der Waals surface area contributed by atoms with Crippen molar-refractivity contribution in [3.63, 3.8) is 0 Å². The number of benzene rings is 3. The number of hydrogen-bond acceptors (Lipinski definition) is 7. The van der Waals surface area contributed by atoms with Crippen LogP contribution in [0.3, 0.4) is 0 Å². The quantitative estimate of drug-likeness (QED) is 0.357. The van der Waals surface area contributed by atoms with Crippen LogP contribution >= 0.6 is 0 Å². The Bertz CT molecular complexity index is 1730. The molecule has 4 aliphatic rings. The molecule has 2 fully saturated rings. The minimum Gasteiger partial charge on any atom is -0.271 e. The lowest BCUT2D eigenvalue weighted by Gasteiger charge is -2.30. The summed E-state index contributed by atoms with van der Waals surface area (Å²) in [6.45, 7) is 5.84. The van der Waals surface area contributed by atoms with Crippen LogP contribution in [0.25, 0.3) is 6.08 Å². The summed E-state index contributed by atoms with van der Waals surface area (Å²) in [6.07, 6.45) is 4.99. The predicted octanol–water partition coefficient (Wildman–Crippen LogP) is 5.73. The molecule has 0 bridgehead atoms. The third kappa shape index (κ3) is 4.82. The van der Waals surface area contributed by atoms with Gasteiger partial charge >= 0.3 is 0 Å². The van der Waals surface area contributed by atoms with E-state index < -0.39 is 23.9 Å². The van der Waals surface area contributed by atoms with Gasteiger partial charge in [0.05, 0.1) is 17.4 Å². The number of carbonyl (C=O) groups excluding carboxylic acids is 3. The normalized spacial score (nSPS) is 25.1. The van der Waals surface area contributed by atoms with Crippen molar-refractivity contribution in [2.75, 3.05) is 11.4 Å². The fraction of sp³-hybridized carbons (Fsp3) is 0.314. The third-order valence-electron chi connectivity index (χ3n) is 9.04. The first kappa shape index (κ1) is 27.9. The van der Waals surface area contributed by atoms with Crippen LogP contribution in [0.1, 0.15) is 53.1 Å². The van der Waals surface area contributed by atoms with Gasteiger partial charge in [-0.05, 0) is 74.9 Å². The highest BCUT2D eigenvalue weighted by Crippen LogP contribution is 2.45. The van der Waals surface area contributed by atoms with E-state index in [1.54, 1.807) is 17.1 Å². The molecule has 3 amide bonds. The fourth-order valence-electron chi connectivity index (χ4n) is 6.68. The van der Waals surface area contributed by atoms with E-state index >= 15 is 0 Å². The molecular formula is C35H34N6O3. The van der Waals surface area contributed by atoms with E-state index in [1.807, 2.05) is 26.0 Å². The van der Waals surface area contributed by atoms with Crippen LogP contribution in [-0.4, -0.2) is 52.1 Å². The van der Waals surface area contributed by atoms with Gasteiger partial charge in [-0.2, -0.15) is 10.2 Å². The molecule has 1 saturated heterocycles. The highest BCUT2D eigenvalue weighted by Gasteiger charge is 2.55. The summed E-state index contributed by atoms with van der Waals surface area (Å²) in [5.74, 6) is -1.10. The Morgan fingerprint density at radius 1 is 0.841 bits per heavy atom. The standard InChI is InChI=1S/C35H34N6O3/c1-21-7-13-24(14-8-21)19-26-5-4-6-28-30(26)37-41(32(28)25-15-9-22(2)10-16-25)29(42)20-39-33-31(36-38-39)34(43)40(35(33)44)27-17-11-23(3)12-18-27/h7-19,28,31-33H,4-6,20H2,1-3H3/b26-19-. The van der Waals surface area contributed by atoms with Gasteiger partial charge in [0.2, 0.25) is 0 Å². The van der Waals surface area contributed by atoms with Crippen molar-refractivity contribution < 1.29 is 14.4 Å². The van der Waals surface area contributed by atoms with Crippen molar-refractivity contribution >= 4 is 35.2 Å². The molecule has 1 aliphatic carbocycles. The Hall–Kier alpha value is -4.92. The van der Waals surface area contributed by atoms with Gasteiger partial charge in [-0.3, -0.25) is 19.4 Å². The second kappa shape index (κ2) is 11.0. The number of anilines is 1. The Morgan fingerprint density at radius 3 is 2.16 bits per heavy atom. The average molecular weight is 587 g/mol. The number of hydrogen-bond donors (Lipinski definition) is 0. The van der Waals surface area contributed by atoms with Crippen molar-refractivity contribution in [2.24, 2.45) is 21.4 Å². The smallest absolute Gasteiger partial charge is 0.264 e. The van der Waals surface area contributed by atoms with Crippen molar-refractivity contribution in [1.82, 2.24) is 10.0 Å². The first-order valence-electron chi connectivity index (χ1n) is 15.1. The van der Waals surface area contributed by atoms with E-state index in [9.17, 15) is 14.4 Å². The maximum atomic E-state index is 14.1. The van der Waals surface area contributed by atoms with Crippen molar-refractivity contribution in [2.45, 2.75) is 58.2 Å². The minimum atomic E-state index is -0.971. The topological polar surface area (TPSA) is 98.0 Å². The van der Waals surface area contributed by atoms with Crippen LogP contribution in [0, 0.1) is 26.7 Å². The molecule has 44 heavy (non-hydrogen) atoms. The summed E-state index contributed by atoms with van der Waals surface area (Å²) in [5, 5.41) is 16.2. The molecule has 4 atom stereocenters. The summed E-state index contributed by atoms with van der Waals surface area (Å²) in [4.78, 5) is 42.0. The van der Waals surface area contributed by atoms with Crippen LogP contribution in [0.2, 0.25) is 0 Å². The molecule has 9 nitrogen and oxygen atoms in total. The van der Waals surface area contributed by atoms with Crippen LogP contribution < -0.4 is 4.90 Å². The number of aryl methyl sites for hydroxylation is 3. The number of imide groups is 1. The second-order valence-corrected chi connectivity index (χ2v) is 12.2. The molecule has 3 aromatic rings. The minimum absolute atomic E-state index is 0.0479. The van der Waals surface area contributed by atoms with Gasteiger partial charge in [0.25, 0.3) is 17.7 Å². The molecule has 7 rings (SSSR count). The highest BCUT2D eigenvalue weighted by molar-refractivity contribution is 6.25. The Labute approximate surface area is 256 Å². The van der Waals surface area contributed by atoms with Crippen molar-refractivity contribution in [1.29, 1.82) is 0 Å². The fourth-order valence-corrected chi connectivity index (χ4v) is 6.68. The molecule has 3 aromatic carbocycles. The molecule has 4 unspecified atom stereocenters. The molecule has 222 valence electrons. The number of allylic oxidation sites excluding steroid dienone is 1. The Kier molecular flexibility index (Phi) is 6.95. The maximum absolute atomic E-state index is 14.1. The molecule has 0 N–H and O–H groups in total. The van der Waals surface area contributed by atoms with Gasteiger partial charge < -0.3 is 0 Å². The van der Waals surface area contributed by atoms with Gasteiger partial charge in [-0.15, -0.1) is 0 Å². The monoisotopic (exact) mass is 586 g/mol. The molecule has 0 spiro atoms. The predicted molar refractivity (Wildman–Crippen MR) is 168 cm³/mol. The lowest BCUT2D eigenvalue weighted by Crippen LogP contribution is -2.45. The summed E-state index contributed by atoms with van der Waals surface area (Å²) in [5.41, 5.74) is 8.06. The zero-order valence-electron chi connectivity index (χ0n) is 25.1. The van der Waals surface area contributed by atoms with Crippen LogP contribution in [0.5, 0.6) is 0 Å². The Balaban J connectivity index is 1.18. The van der Waals surface area contributed by atoms with Crippen molar-refractivity contribution in [3.05, 3.63) is 106 Å². The number of nitrogens with zero attached hydrogens (tertiary/aromatic N) is 6. The maximum Gasteiger partial charge on any atom is 0.264 e. The van der Waals surface area contributed by atoms with Crippen LogP contribution in [-0.2, 0) is 14.4 Å². The summed E-state index contributed by atoms with van der Waals surface area (Å²) in [6, 6.07) is 21.7. The molecule has 1 saturated carbocycles. The third-order valence-corrected chi connectivity index (χ3v) is 9.04. The van der Waals surface area contributed by atoms with E-state index in [0.717, 1.165) is 57.7 Å². The van der Waals surface area contributed by atoms with E-state index in [1.165, 1.54) is 10.6 Å². The van der Waals surface area contributed by atoms with Crippen LogP contribution in [0.15, 0.2) is 93.8 Å². The molecule has 0 aromatic heterocycles. The van der Waals surface area contributed by atoms with Gasteiger partial charge in [0.1, 0.15) is 6.54 Å². The highest BCUT2D eigenvalue weighted by atomic mass is 16.2. The second-order valence-electron chi connectivity index (χ2n) is 12.2. The number of hydrazone groups is 1. The lowest BCUT2D eigenvalue weighted by molar-refractivity contribution is -0.136. The number of fused-ring (bicyclic) bond motifs is 2. The summed E-state index contributed by atoms with van der Waals surface area (Å²) in [7, 11) is 0. The molecule has 0 radical (unpaired) electrons. The van der Waals surface area contributed by atoms with Gasteiger partial charge in [0.15, 0.2) is 12.1 Å². The molecule has 3 heterocycles. The lowest BCUT2D eigenvalue weighted by atomic mass is 9.77. The number of rotatable bonds is 5. The zero-order chi connectivity index (χ0) is 30.5. The molecule has 9 heteroatoms. The molecular weight excluding hydrogens is 552 g/mol.